The van der Waals surface area contributed by atoms with Gasteiger partial charge in [0.05, 0.1) is 11.5 Å². The van der Waals surface area contributed by atoms with Gasteiger partial charge in [0.25, 0.3) is 0 Å². The quantitative estimate of drug-likeness (QED) is 0.845. The number of halogens is 1. The fraction of sp³-hybridized carbons (Fsp3) is 0.500. The molecular weight excluding hydrogens is 258 g/mol. The summed E-state index contributed by atoms with van der Waals surface area (Å²) >= 11 is 6.09. The molecule has 1 aromatic rings. The molecule has 1 aliphatic rings. The maximum absolute atomic E-state index is 11.4. The second kappa shape index (κ2) is 4.96. The first kappa shape index (κ1) is 12.9. The zero-order valence-corrected chi connectivity index (χ0v) is 11.3. The molecule has 1 aliphatic heterocycles. The Bertz CT molecular complexity index is 501. The summed E-state index contributed by atoms with van der Waals surface area (Å²) in [5.41, 5.74) is 1.04. The molecule has 1 atom stereocenters. The lowest BCUT2D eigenvalue weighted by Gasteiger charge is -2.23. The highest BCUT2D eigenvalue weighted by molar-refractivity contribution is 7.91. The molecule has 1 fully saturated rings. The van der Waals surface area contributed by atoms with Gasteiger partial charge in [0, 0.05) is 17.6 Å². The lowest BCUT2D eigenvalue weighted by molar-refractivity contribution is 0.254. The molecule has 1 saturated heterocycles. The predicted octanol–water partition coefficient (Wildman–Crippen LogP) is 1.96. The third-order valence-electron chi connectivity index (χ3n) is 3.21. The second-order valence-corrected chi connectivity index (χ2v) is 7.20. The number of rotatable bonds is 3. The van der Waals surface area contributed by atoms with Crippen molar-refractivity contribution in [2.75, 3.05) is 18.6 Å². The van der Waals surface area contributed by atoms with E-state index in [1.165, 1.54) is 0 Å². The van der Waals surface area contributed by atoms with Gasteiger partial charge in [-0.1, -0.05) is 29.8 Å². The van der Waals surface area contributed by atoms with E-state index in [0.717, 1.165) is 17.0 Å². The summed E-state index contributed by atoms with van der Waals surface area (Å²) in [5, 5.41) is 0.736. The summed E-state index contributed by atoms with van der Waals surface area (Å²) in [6, 6.07) is 7.79. The molecule has 0 bridgehead atoms. The van der Waals surface area contributed by atoms with Gasteiger partial charge in [-0.3, -0.25) is 4.90 Å². The number of hydrogen-bond acceptors (Lipinski definition) is 3. The normalized spacial score (nSPS) is 23.1. The Labute approximate surface area is 107 Å². The van der Waals surface area contributed by atoms with Crippen LogP contribution in [0.4, 0.5) is 0 Å². The predicted molar refractivity (Wildman–Crippen MR) is 70.0 cm³/mol. The molecular formula is C12H16ClNO2S. The Balaban J connectivity index is 2.03. The Morgan fingerprint density at radius 3 is 2.71 bits per heavy atom. The molecule has 1 heterocycles. The van der Waals surface area contributed by atoms with Crippen LogP contribution >= 0.6 is 11.6 Å². The molecule has 2 rings (SSSR count). The first-order chi connectivity index (χ1) is 7.98. The van der Waals surface area contributed by atoms with E-state index in [1.807, 2.05) is 31.3 Å². The van der Waals surface area contributed by atoms with Crippen molar-refractivity contribution in [3.63, 3.8) is 0 Å². The number of benzene rings is 1. The van der Waals surface area contributed by atoms with Gasteiger partial charge in [-0.15, -0.1) is 0 Å². The molecule has 1 aromatic carbocycles. The Hall–Kier alpha value is -0.580. The minimum absolute atomic E-state index is 0.122. The van der Waals surface area contributed by atoms with Gasteiger partial charge in [-0.25, -0.2) is 8.42 Å². The summed E-state index contributed by atoms with van der Waals surface area (Å²) in [4.78, 5) is 2.08. The largest absolute Gasteiger partial charge is 0.298 e. The monoisotopic (exact) mass is 273 g/mol. The average Bonchev–Trinajstić information content (AvgIpc) is 2.62. The third kappa shape index (κ3) is 3.21. The van der Waals surface area contributed by atoms with E-state index in [-0.39, 0.29) is 11.8 Å². The fourth-order valence-electron chi connectivity index (χ4n) is 2.15. The topological polar surface area (TPSA) is 37.4 Å². The third-order valence-corrected chi connectivity index (χ3v) is 5.33. The minimum atomic E-state index is -2.82. The number of hydrogen-bond donors (Lipinski definition) is 0. The molecule has 0 spiro atoms. The SMILES string of the molecule is CN(Cc1ccccc1Cl)C1CCS(=O)(=O)C1. The van der Waals surface area contributed by atoms with Crippen LogP contribution in [0.1, 0.15) is 12.0 Å². The van der Waals surface area contributed by atoms with E-state index in [0.29, 0.717) is 12.3 Å². The summed E-state index contributed by atoms with van der Waals surface area (Å²) in [5.74, 6) is 0.582. The van der Waals surface area contributed by atoms with E-state index in [9.17, 15) is 8.42 Å². The molecule has 3 nitrogen and oxygen atoms in total. The first-order valence-corrected chi connectivity index (χ1v) is 7.82. The maximum atomic E-state index is 11.4. The Kier molecular flexibility index (Phi) is 3.76. The molecule has 0 radical (unpaired) electrons. The highest BCUT2D eigenvalue weighted by Crippen LogP contribution is 2.21. The van der Waals surface area contributed by atoms with Crippen LogP contribution in [0.25, 0.3) is 0 Å². The van der Waals surface area contributed by atoms with Crippen molar-refractivity contribution in [3.05, 3.63) is 34.9 Å². The van der Waals surface area contributed by atoms with Crippen LogP contribution in [0.2, 0.25) is 5.02 Å². The zero-order chi connectivity index (χ0) is 12.5. The fourth-order valence-corrected chi connectivity index (χ4v) is 4.15. The molecule has 94 valence electrons. The van der Waals surface area contributed by atoms with Gasteiger partial charge < -0.3 is 0 Å². The van der Waals surface area contributed by atoms with Gasteiger partial charge in [0.2, 0.25) is 0 Å². The summed E-state index contributed by atoms with van der Waals surface area (Å²) in [6.45, 7) is 0.694. The Morgan fingerprint density at radius 2 is 2.12 bits per heavy atom. The number of nitrogens with zero attached hydrogens (tertiary/aromatic N) is 1. The van der Waals surface area contributed by atoms with Crippen molar-refractivity contribution in [3.8, 4) is 0 Å². The summed E-state index contributed by atoms with van der Waals surface area (Å²) < 4.78 is 22.8. The van der Waals surface area contributed by atoms with Gasteiger partial charge in [0.15, 0.2) is 9.84 Å². The van der Waals surface area contributed by atoms with E-state index in [4.69, 9.17) is 11.6 Å². The van der Waals surface area contributed by atoms with Gasteiger partial charge in [0.1, 0.15) is 0 Å². The lowest BCUT2D eigenvalue weighted by atomic mass is 10.1. The van der Waals surface area contributed by atoms with E-state index in [2.05, 4.69) is 4.90 Å². The minimum Gasteiger partial charge on any atom is -0.298 e. The van der Waals surface area contributed by atoms with E-state index in [1.54, 1.807) is 0 Å². The van der Waals surface area contributed by atoms with Crippen LogP contribution in [-0.4, -0.2) is 37.9 Å². The van der Waals surface area contributed by atoms with Crippen LogP contribution in [0.15, 0.2) is 24.3 Å². The molecule has 0 saturated carbocycles. The van der Waals surface area contributed by atoms with E-state index < -0.39 is 9.84 Å². The zero-order valence-electron chi connectivity index (χ0n) is 9.77. The van der Waals surface area contributed by atoms with Crippen molar-refractivity contribution in [1.82, 2.24) is 4.90 Å². The summed E-state index contributed by atoms with van der Waals surface area (Å²) in [7, 11) is -0.864. The Morgan fingerprint density at radius 1 is 1.41 bits per heavy atom. The molecule has 1 unspecified atom stereocenters. The highest BCUT2D eigenvalue weighted by atomic mass is 35.5. The van der Waals surface area contributed by atoms with Crippen molar-refractivity contribution in [2.45, 2.75) is 19.0 Å². The molecule has 17 heavy (non-hydrogen) atoms. The lowest BCUT2D eigenvalue weighted by Crippen LogP contribution is -2.32. The standard InChI is InChI=1S/C12H16ClNO2S/c1-14(11-6-7-17(15,16)9-11)8-10-4-2-3-5-12(10)13/h2-5,11H,6-9H2,1H3. The molecule has 0 aromatic heterocycles. The van der Waals surface area contributed by atoms with Gasteiger partial charge in [-0.05, 0) is 25.1 Å². The van der Waals surface area contributed by atoms with Crippen molar-refractivity contribution in [2.24, 2.45) is 0 Å². The van der Waals surface area contributed by atoms with Crippen LogP contribution in [0.5, 0.6) is 0 Å². The van der Waals surface area contributed by atoms with E-state index >= 15 is 0 Å². The summed E-state index contributed by atoms with van der Waals surface area (Å²) in [6.07, 6.45) is 0.725. The van der Waals surface area contributed by atoms with Crippen LogP contribution in [0, 0.1) is 0 Å². The highest BCUT2D eigenvalue weighted by Gasteiger charge is 2.30. The van der Waals surface area contributed by atoms with Crippen LogP contribution < -0.4 is 0 Å². The first-order valence-electron chi connectivity index (χ1n) is 5.62. The molecule has 5 heteroatoms. The van der Waals surface area contributed by atoms with Crippen molar-refractivity contribution in [1.29, 1.82) is 0 Å². The molecule has 0 aliphatic carbocycles. The average molecular weight is 274 g/mol. The number of sulfone groups is 1. The maximum Gasteiger partial charge on any atom is 0.151 e. The van der Waals surface area contributed by atoms with Gasteiger partial charge in [-0.2, -0.15) is 0 Å². The van der Waals surface area contributed by atoms with Gasteiger partial charge >= 0.3 is 0 Å². The van der Waals surface area contributed by atoms with Crippen molar-refractivity contribution < 1.29 is 8.42 Å². The second-order valence-electron chi connectivity index (χ2n) is 4.56. The molecule has 0 amide bonds. The smallest absolute Gasteiger partial charge is 0.151 e. The van der Waals surface area contributed by atoms with Crippen LogP contribution in [-0.2, 0) is 16.4 Å². The molecule has 0 N–H and O–H groups in total. The van der Waals surface area contributed by atoms with Crippen LogP contribution in [0.3, 0.4) is 0 Å². The van der Waals surface area contributed by atoms with Crippen molar-refractivity contribution >= 4 is 21.4 Å².